The predicted octanol–water partition coefficient (Wildman–Crippen LogP) is 2.38. The summed E-state index contributed by atoms with van der Waals surface area (Å²) in [6.07, 6.45) is 6.29. The van der Waals surface area contributed by atoms with Gasteiger partial charge in [0.15, 0.2) is 0 Å². The van der Waals surface area contributed by atoms with Crippen LogP contribution in [0.15, 0.2) is 12.2 Å². The number of rotatable bonds is 1. The van der Waals surface area contributed by atoms with Gasteiger partial charge in [0.25, 0.3) is 0 Å². The zero-order chi connectivity index (χ0) is 6.62. The molecule has 0 rings (SSSR count). The van der Waals surface area contributed by atoms with Gasteiger partial charge in [-0.25, -0.2) is 0 Å². The van der Waals surface area contributed by atoms with Crippen LogP contribution >= 0.6 is 0 Å². The van der Waals surface area contributed by atoms with Crippen molar-refractivity contribution >= 4 is 0 Å². The molecule has 0 amide bonds. The Morgan fingerprint density at radius 2 is 1.78 bits per heavy atom. The summed E-state index contributed by atoms with van der Waals surface area (Å²) in [5, 5.41) is 0. The summed E-state index contributed by atoms with van der Waals surface area (Å²) >= 11 is 0. The zero-order valence-electron chi connectivity index (χ0n) is 6.31. The van der Waals surface area contributed by atoms with Crippen molar-refractivity contribution in [2.24, 2.45) is 5.41 Å². The molecule has 0 heterocycles. The van der Waals surface area contributed by atoms with Crippen LogP contribution < -0.4 is 0 Å². The molecular weight excluding hydrogens is 185 g/mol. The van der Waals surface area contributed by atoms with Crippen molar-refractivity contribution in [1.82, 2.24) is 0 Å². The third-order valence-electron chi connectivity index (χ3n) is 0.613. The summed E-state index contributed by atoms with van der Waals surface area (Å²) in [5.74, 6) is 0. The van der Waals surface area contributed by atoms with E-state index >= 15 is 0 Å². The van der Waals surface area contributed by atoms with Gasteiger partial charge in [-0.1, -0.05) is 20.8 Å². The van der Waals surface area contributed by atoms with Gasteiger partial charge in [0.05, 0.1) is 0 Å². The first kappa shape index (κ1) is 12.3. The quantitative estimate of drug-likeness (QED) is 0.447. The van der Waals surface area contributed by atoms with Gasteiger partial charge in [-0.05, 0) is 0 Å². The summed E-state index contributed by atoms with van der Waals surface area (Å²) in [6.45, 7) is 11.3. The predicted molar refractivity (Wildman–Crippen MR) is 36.1 cm³/mol. The molecule has 1 heteroatoms. The Labute approximate surface area is 83.3 Å². The molecule has 0 nitrogen and oxygen atoms in total. The molecule has 0 atom stereocenters. The molecule has 0 aromatic heterocycles. The molecule has 9 heavy (non-hydrogen) atoms. The maximum atomic E-state index is 5.09. The monoisotopic (exact) mass is 197 g/mol. The second-order valence-corrected chi connectivity index (χ2v) is 2.75. The van der Waals surface area contributed by atoms with Crippen molar-refractivity contribution in [2.75, 3.05) is 0 Å². The van der Waals surface area contributed by atoms with Crippen LogP contribution in [0.5, 0.6) is 0 Å². The van der Waals surface area contributed by atoms with Gasteiger partial charge in [0.2, 0.25) is 0 Å². The fourth-order valence-electron chi connectivity index (χ4n) is 0.298. The van der Waals surface area contributed by atoms with E-state index in [9.17, 15) is 0 Å². The van der Waals surface area contributed by atoms with E-state index in [0.717, 1.165) is 0 Å². The minimum Gasteiger partial charge on any atom is -0.394 e. The normalized spacial score (nSPS) is 11.0. The fraction of sp³-hybridized carbons (Fsp3) is 0.500. The van der Waals surface area contributed by atoms with Crippen molar-refractivity contribution in [3.8, 4) is 0 Å². The first-order chi connectivity index (χ1) is 3.56. The molecule has 0 bridgehead atoms. The second kappa shape index (κ2) is 5.38. The summed E-state index contributed by atoms with van der Waals surface area (Å²) in [4.78, 5) is 0. The molecule has 0 aliphatic rings. The summed E-state index contributed by atoms with van der Waals surface area (Å²) in [6, 6.07) is 0. The van der Waals surface area contributed by atoms with E-state index in [1.54, 1.807) is 6.08 Å². The minimum atomic E-state index is 0. The molecule has 0 saturated carbocycles. The maximum Gasteiger partial charge on any atom is 0 e. The van der Waals surface area contributed by atoms with E-state index in [2.05, 4.69) is 26.8 Å². The molecule has 0 spiro atoms. The fourth-order valence-corrected chi connectivity index (χ4v) is 0.298. The van der Waals surface area contributed by atoms with E-state index in [4.69, 9.17) is 6.58 Å². The van der Waals surface area contributed by atoms with Crippen LogP contribution in [-0.2, 0) is 32.7 Å². The van der Waals surface area contributed by atoms with E-state index < -0.39 is 0 Å². The molecule has 0 aromatic rings. The molecule has 0 fully saturated rings. The van der Waals surface area contributed by atoms with E-state index in [1.165, 1.54) is 6.08 Å². The summed E-state index contributed by atoms with van der Waals surface area (Å²) in [7, 11) is 0. The molecule has 49 valence electrons. The number of hydrogen-bond acceptors (Lipinski definition) is 0. The van der Waals surface area contributed by atoms with Crippen LogP contribution in [0.4, 0.5) is 0 Å². The molecule has 0 aliphatic carbocycles. The average molecular weight is 197 g/mol. The van der Waals surface area contributed by atoms with Gasteiger partial charge >= 0.3 is 0 Å². The Morgan fingerprint density at radius 1 is 1.33 bits per heavy atom. The topological polar surface area (TPSA) is 0 Å². The van der Waals surface area contributed by atoms with Crippen LogP contribution in [0, 0.1) is 18.1 Å². The average Bonchev–Trinajstić information content (AvgIpc) is 1.59. The third-order valence-corrected chi connectivity index (χ3v) is 0.613. The third kappa shape index (κ3) is 11.9. The van der Waals surface area contributed by atoms with Gasteiger partial charge < -0.3 is 24.8 Å². The largest absolute Gasteiger partial charge is 0.394 e. The Kier molecular flexibility index (Phi) is 7.33. The van der Waals surface area contributed by atoms with Crippen LogP contribution in [-0.4, -0.2) is 0 Å². The molecule has 0 unspecified atom stereocenters. The SMILES string of the molecule is [CH-]=CC=[C-]C(C)(C)C.[Y]. The van der Waals surface area contributed by atoms with E-state index in [-0.39, 0.29) is 38.1 Å². The van der Waals surface area contributed by atoms with Gasteiger partial charge in [-0.15, -0.1) is 5.41 Å². The molecule has 0 N–H and O–H groups in total. The Balaban J connectivity index is 0. The standard InChI is InChI=1S/C8H12.Y/c1-5-6-7-8(2,3)4;/h1,5-6H,2-4H3;/q-2;. The summed E-state index contributed by atoms with van der Waals surface area (Å²) in [5.41, 5.74) is 0.135. The summed E-state index contributed by atoms with van der Waals surface area (Å²) < 4.78 is 0. The van der Waals surface area contributed by atoms with Gasteiger partial charge in [-0.2, -0.15) is 0 Å². The van der Waals surface area contributed by atoms with Crippen LogP contribution in [0.1, 0.15) is 20.8 Å². The molecule has 1 radical (unpaired) electrons. The van der Waals surface area contributed by atoms with Crippen molar-refractivity contribution in [3.05, 3.63) is 24.8 Å². The van der Waals surface area contributed by atoms with E-state index in [0.29, 0.717) is 0 Å². The van der Waals surface area contributed by atoms with Gasteiger partial charge in [0.1, 0.15) is 0 Å². The van der Waals surface area contributed by atoms with Crippen molar-refractivity contribution in [2.45, 2.75) is 20.8 Å². The van der Waals surface area contributed by atoms with E-state index in [1.807, 2.05) is 0 Å². The molecular formula is C8H12Y-2. The van der Waals surface area contributed by atoms with Crippen molar-refractivity contribution in [3.63, 3.8) is 0 Å². The molecule has 0 aromatic carbocycles. The smallest absolute Gasteiger partial charge is 0 e. The molecule has 0 aliphatic heterocycles. The van der Waals surface area contributed by atoms with Crippen LogP contribution in [0.25, 0.3) is 0 Å². The maximum absolute atomic E-state index is 5.09. The van der Waals surface area contributed by atoms with Crippen molar-refractivity contribution < 1.29 is 32.7 Å². The van der Waals surface area contributed by atoms with Gasteiger partial charge in [-0.3, -0.25) is 0 Å². The van der Waals surface area contributed by atoms with Crippen LogP contribution in [0.3, 0.4) is 0 Å². The number of hydrogen-bond donors (Lipinski definition) is 0. The minimum absolute atomic E-state index is 0. The second-order valence-electron chi connectivity index (χ2n) is 2.75. The zero-order valence-corrected chi connectivity index (χ0v) is 9.15. The van der Waals surface area contributed by atoms with Gasteiger partial charge in [0, 0.05) is 32.7 Å². The first-order valence-electron chi connectivity index (χ1n) is 2.71. The Bertz CT molecular complexity index is 95.6. The Morgan fingerprint density at radius 3 is 1.89 bits per heavy atom. The number of allylic oxidation sites excluding steroid dienone is 3. The van der Waals surface area contributed by atoms with Crippen LogP contribution in [0.2, 0.25) is 0 Å². The molecule has 0 saturated heterocycles. The van der Waals surface area contributed by atoms with Crippen molar-refractivity contribution in [1.29, 1.82) is 0 Å². The Hall–Kier alpha value is 0.584. The first-order valence-corrected chi connectivity index (χ1v) is 2.71.